The van der Waals surface area contributed by atoms with Crippen LogP contribution in [0.4, 0.5) is 10.5 Å². The number of primary amides is 1. The zero-order chi connectivity index (χ0) is 18.2. The van der Waals surface area contributed by atoms with Crippen LogP contribution in [0, 0.1) is 0 Å². The molecular weight excluding hydrogens is 350 g/mol. The maximum atomic E-state index is 12.0. The maximum Gasteiger partial charge on any atom is 0.329 e. The fourth-order valence-corrected chi connectivity index (χ4v) is 2.54. The highest BCUT2D eigenvalue weighted by Gasteiger charge is 2.22. The molecule has 9 nitrogen and oxygen atoms in total. The van der Waals surface area contributed by atoms with E-state index in [0.717, 1.165) is 0 Å². The zero-order valence-electron chi connectivity index (χ0n) is 13.6. The molecule has 0 fully saturated rings. The Morgan fingerprint density at radius 3 is 2.80 bits per heavy atom. The lowest BCUT2D eigenvalue weighted by Crippen LogP contribution is -2.45. The fourth-order valence-electron chi connectivity index (χ4n) is 2.07. The number of ether oxygens (including phenoxy) is 3. The second-order valence-electron chi connectivity index (χ2n) is 5.07. The molecule has 0 aliphatic carbocycles. The van der Waals surface area contributed by atoms with Gasteiger partial charge in [-0.05, 0) is 30.6 Å². The standard InChI is InChI=1S/C15H19N3O6S/c1-25-5-4-10(18-15(16)21)14(20)22-7-13(19)17-9-2-3-11-12(6-9)24-8-23-11/h2-3,6,10H,4-5,7-8H2,1H3,(H,17,19)(H3,16,18,21)/t10-/m1/s1. The minimum absolute atomic E-state index is 0.134. The minimum Gasteiger partial charge on any atom is -0.454 e. The normalized spacial score (nSPS) is 13.0. The Bertz CT molecular complexity index is 654. The first-order valence-corrected chi connectivity index (χ1v) is 8.80. The lowest BCUT2D eigenvalue weighted by molar-refractivity contribution is -0.149. The van der Waals surface area contributed by atoms with E-state index in [-0.39, 0.29) is 6.79 Å². The van der Waals surface area contributed by atoms with Gasteiger partial charge in [0.05, 0.1) is 0 Å². The van der Waals surface area contributed by atoms with Crippen LogP contribution in [0.15, 0.2) is 18.2 Å². The van der Waals surface area contributed by atoms with Crippen LogP contribution >= 0.6 is 11.8 Å². The van der Waals surface area contributed by atoms with E-state index in [2.05, 4.69) is 10.6 Å². The van der Waals surface area contributed by atoms with Crippen LogP contribution in [0.1, 0.15) is 6.42 Å². The van der Waals surface area contributed by atoms with Gasteiger partial charge < -0.3 is 30.6 Å². The number of hydrogen-bond acceptors (Lipinski definition) is 7. The number of carbonyl (C=O) groups is 3. The summed E-state index contributed by atoms with van der Waals surface area (Å²) < 4.78 is 15.3. The molecule has 1 atom stereocenters. The predicted molar refractivity (Wildman–Crippen MR) is 91.7 cm³/mol. The van der Waals surface area contributed by atoms with Crippen molar-refractivity contribution in [1.29, 1.82) is 0 Å². The molecule has 0 saturated heterocycles. The van der Waals surface area contributed by atoms with Crippen molar-refractivity contribution in [2.45, 2.75) is 12.5 Å². The van der Waals surface area contributed by atoms with Gasteiger partial charge >= 0.3 is 12.0 Å². The van der Waals surface area contributed by atoms with E-state index in [4.69, 9.17) is 19.9 Å². The predicted octanol–water partition coefficient (Wildman–Crippen LogP) is 0.687. The summed E-state index contributed by atoms with van der Waals surface area (Å²) in [7, 11) is 0. The molecule has 1 aliphatic heterocycles. The molecule has 0 unspecified atom stereocenters. The molecule has 25 heavy (non-hydrogen) atoms. The number of nitrogens with one attached hydrogen (secondary N) is 2. The summed E-state index contributed by atoms with van der Waals surface area (Å²) in [5.41, 5.74) is 5.53. The van der Waals surface area contributed by atoms with E-state index >= 15 is 0 Å². The molecule has 0 bridgehead atoms. The van der Waals surface area contributed by atoms with Crippen LogP contribution in [0.2, 0.25) is 0 Å². The molecule has 1 heterocycles. The Morgan fingerprint density at radius 2 is 2.08 bits per heavy atom. The van der Waals surface area contributed by atoms with Crippen molar-refractivity contribution >= 4 is 35.4 Å². The quantitative estimate of drug-likeness (QED) is 0.575. The fraction of sp³-hybridized carbons (Fsp3) is 0.400. The van der Waals surface area contributed by atoms with Crippen molar-refractivity contribution < 1.29 is 28.6 Å². The number of carbonyl (C=O) groups excluding carboxylic acids is 3. The van der Waals surface area contributed by atoms with Crippen molar-refractivity contribution in [3.05, 3.63) is 18.2 Å². The molecule has 0 spiro atoms. The lowest BCUT2D eigenvalue weighted by Gasteiger charge is -2.15. The van der Waals surface area contributed by atoms with Crippen LogP contribution in [-0.4, -0.2) is 49.4 Å². The average molecular weight is 369 g/mol. The third-order valence-corrected chi connectivity index (χ3v) is 3.86. The summed E-state index contributed by atoms with van der Waals surface area (Å²) in [6, 6.07) is 3.21. The Kier molecular flexibility index (Phi) is 6.75. The molecule has 1 aromatic rings. The van der Waals surface area contributed by atoms with E-state index in [1.807, 2.05) is 6.26 Å². The van der Waals surface area contributed by atoms with Crippen molar-refractivity contribution in [2.75, 3.05) is 30.7 Å². The molecule has 0 aromatic heterocycles. The number of fused-ring (bicyclic) bond motifs is 1. The summed E-state index contributed by atoms with van der Waals surface area (Å²) in [6.45, 7) is -0.349. The second-order valence-corrected chi connectivity index (χ2v) is 6.05. The van der Waals surface area contributed by atoms with Crippen LogP contribution in [0.5, 0.6) is 11.5 Å². The molecular formula is C15H19N3O6S. The Hall–Kier alpha value is -2.62. The molecule has 2 rings (SSSR count). The smallest absolute Gasteiger partial charge is 0.329 e. The molecule has 0 saturated carbocycles. The zero-order valence-corrected chi connectivity index (χ0v) is 14.4. The monoisotopic (exact) mass is 369 g/mol. The molecule has 1 aromatic carbocycles. The minimum atomic E-state index is -0.886. The van der Waals surface area contributed by atoms with E-state index in [1.54, 1.807) is 18.2 Å². The highest BCUT2D eigenvalue weighted by molar-refractivity contribution is 7.98. The van der Waals surface area contributed by atoms with Gasteiger partial charge in [-0.2, -0.15) is 11.8 Å². The summed E-state index contributed by atoms with van der Waals surface area (Å²) in [5, 5.41) is 4.89. The summed E-state index contributed by atoms with van der Waals surface area (Å²) in [5.74, 6) is 0.517. The third-order valence-electron chi connectivity index (χ3n) is 3.21. The summed E-state index contributed by atoms with van der Waals surface area (Å²) >= 11 is 1.51. The first-order valence-electron chi connectivity index (χ1n) is 7.40. The Labute approximate surface area is 148 Å². The number of hydrogen-bond donors (Lipinski definition) is 3. The van der Waals surface area contributed by atoms with Gasteiger partial charge in [0.25, 0.3) is 5.91 Å². The van der Waals surface area contributed by atoms with Gasteiger partial charge in [0.2, 0.25) is 6.79 Å². The molecule has 10 heteroatoms. The molecule has 1 aliphatic rings. The van der Waals surface area contributed by atoms with Gasteiger partial charge in [-0.3, -0.25) is 4.79 Å². The van der Waals surface area contributed by atoms with Gasteiger partial charge in [-0.15, -0.1) is 0 Å². The topological polar surface area (TPSA) is 129 Å². The highest BCUT2D eigenvalue weighted by Crippen LogP contribution is 2.34. The maximum absolute atomic E-state index is 12.0. The van der Waals surface area contributed by atoms with Crippen molar-refractivity contribution in [3.8, 4) is 11.5 Å². The van der Waals surface area contributed by atoms with Crippen molar-refractivity contribution in [3.63, 3.8) is 0 Å². The number of benzene rings is 1. The number of esters is 1. The van der Waals surface area contributed by atoms with Gasteiger partial charge in [-0.1, -0.05) is 0 Å². The molecule has 136 valence electrons. The number of urea groups is 1. The van der Waals surface area contributed by atoms with E-state index in [9.17, 15) is 14.4 Å². The molecule has 4 N–H and O–H groups in total. The second kappa shape index (κ2) is 9.02. The van der Waals surface area contributed by atoms with Crippen LogP contribution in [0.3, 0.4) is 0 Å². The van der Waals surface area contributed by atoms with Crippen molar-refractivity contribution in [1.82, 2.24) is 5.32 Å². The van der Waals surface area contributed by atoms with E-state index in [0.29, 0.717) is 29.4 Å². The first-order chi connectivity index (χ1) is 12.0. The number of anilines is 1. The lowest BCUT2D eigenvalue weighted by atomic mass is 10.2. The Morgan fingerprint density at radius 1 is 1.32 bits per heavy atom. The van der Waals surface area contributed by atoms with Crippen LogP contribution in [0.25, 0.3) is 0 Å². The number of thioether (sulfide) groups is 1. The highest BCUT2D eigenvalue weighted by atomic mass is 32.2. The number of nitrogens with two attached hydrogens (primary N) is 1. The first kappa shape index (κ1) is 18.7. The Balaban J connectivity index is 1.83. The summed E-state index contributed by atoms with van der Waals surface area (Å²) in [6.07, 6.45) is 2.22. The SMILES string of the molecule is CSCC[C@@H](NC(N)=O)C(=O)OCC(=O)Nc1ccc2c(c1)OCO2. The number of rotatable bonds is 8. The third kappa shape index (κ3) is 5.75. The van der Waals surface area contributed by atoms with E-state index in [1.165, 1.54) is 11.8 Å². The van der Waals surface area contributed by atoms with Gasteiger partial charge in [0, 0.05) is 11.8 Å². The van der Waals surface area contributed by atoms with Gasteiger partial charge in [0.15, 0.2) is 18.1 Å². The largest absolute Gasteiger partial charge is 0.454 e. The van der Waals surface area contributed by atoms with Crippen molar-refractivity contribution in [2.24, 2.45) is 5.73 Å². The van der Waals surface area contributed by atoms with Crippen LogP contribution in [-0.2, 0) is 14.3 Å². The van der Waals surface area contributed by atoms with Gasteiger partial charge in [-0.25, -0.2) is 9.59 Å². The van der Waals surface area contributed by atoms with Crippen LogP contribution < -0.4 is 25.8 Å². The average Bonchev–Trinajstić information content (AvgIpc) is 3.03. The number of amides is 3. The molecule has 0 radical (unpaired) electrons. The molecule has 3 amide bonds. The van der Waals surface area contributed by atoms with Gasteiger partial charge in [0.1, 0.15) is 6.04 Å². The summed E-state index contributed by atoms with van der Waals surface area (Å²) in [4.78, 5) is 34.8. The van der Waals surface area contributed by atoms with E-state index < -0.39 is 30.6 Å².